The summed E-state index contributed by atoms with van der Waals surface area (Å²) >= 11 is 0. The highest BCUT2D eigenvalue weighted by atomic mass is 16.5. The van der Waals surface area contributed by atoms with Crippen LogP contribution in [0.25, 0.3) is 0 Å². The summed E-state index contributed by atoms with van der Waals surface area (Å²) in [7, 11) is 1.81. The Balaban J connectivity index is 2.39. The van der Waals surface area contributed by atoms with E-state index >= 15 is 0 Å². The molecule has 2 rings (SSSR count). The first-order chi connectivity index (χ1) is 6.72. The monoisotopic (exact) mass is 195 g/mol. The predicted molar refractivity (Wildman–Crippen MR) is 51.3 cm³/mol. The Morgan fingerprint density at radius 2 is 2.43 bits per heavy atom. The van der Waals surface area contributed by atoms with E-state index < -0.39 is 0 Å². The molecule has 0 spiro atoms. The third kappa shape index (κ3) is 1.34. The molecule has 0 bridgehead atoms. The summed E-state index contributed by atoms with van der Waals surface area (Å²) in [6.45, 7) is 2.16. The summed E-state index contributed by atoms with van der Waals surface area (Å²) in [6.07, 6.45) is 1.85. The highest BCUT2D eigenvalue weighted by molar-refractivity contribution is 5.95. The highest BCUT2D eigenvalue weighted by Gasteiger charge is 2.23. The van der Waals surface area contributed by atoms with Gasteiger partial charge in [-0.25, -0.2) is 4.68 Å². The predicted octanol–water partition coefficient (Wildman–Crippen LogP) is 0.704. The fourth-order valence-corrected chi connectivity index (χ4v) is 1.57. The van der Waals surface area contributed by atoms with Crippen LogP contribution in [0, 0.1) is 0 Å². The van der Waals surface area contributed by atoms with Crippen molar-refractivity contribution in [2.75, 3.05) is 11.9 Å². The molecule has 2 heterocycles. The van der Waals surface area contributed by atoms with Crippen molar-refractivity contribution < 1.29 is 9.53 Å². The molecule has 0 saturated heterocycles. The van der Waals surface area contributed by atoms with Gasteiger partial charge < -0.3 is 10.1 Å². The Morgan fingerprint density at radius 3 is 3.14 bits per heavy atom. The molecule has 0 aliphatic carbocycles. The maximum absolute atomic E-state index is 11.1. The molecule has 0 fully saturated rings. The summed E-state index contributed by atoms with van der Waals surface area (Å²) in [4.78, 5) is 11.1. The Hall–Kier alpha value is -1.52. The van der Waals surface area contributed by atoms with Crippen molar-refractivity contribution in [3.8, 4) is 5.88 Å². The number of amides is 1. The number of carbonyl (C=O) groups is 1. The normalized spacial score (nSPS) is 14.6. The van der Waals surface area contributed by atoms with Crippen LogP contribution in [0.4, 0.5) is 5.69 Å². The van der Waals surface area contributed by atoms with Gasteiger partial charge in [0.25, 0.3) is 5.91 Å². The average molecular weight is 195 g/mol. The van der Waals surface area contributed by atoms with Gasteiger partial charge in [0.1, 0.15) is 5.69 Å². The summed E-state index contributed by atoms with van der Waals surface area (Å²) in [5.74, 6) is 0.552. The molecular weight excluding hydrogens is 182 g/mol. The molecule has 76 valence electrons. The van der Waals surface area contributed by atoms with Crippen molar-refractivity contribution in [1.29, 1.82) is 0 Å². The molecule has 0 radical (unpaired) electrons. The maximum atomic E-state index is 11.1. The summed E-state index contributed by atoms with van der Waals surface area (Å²) < 4.78 is 6.95. The average Bonchev–Trinajstić information content (AvgIpc) is 2.44. The lowest BCUT2D eigenvalue weighted by atomic mass is 10.2. The van der Waals surface area contributed by atoms with E-state index in [0.29, 0.717) is 5.88 Å². The van der Waals surface area contributed by atoms with Crippen LogP contribution in [0.15, 0.2) is 0 Å². The summed E-state index contributed by atoms with van der Waals surface area (Å²) in [5, 5.41) is 7.08. The van der Waals surface area contributed by atoms with Crippen LogP contribution < -0.4 is 10.1 Å². The molecule has 1 aromatic rings. The van der Waals surface area contributed by atoms with Gasteiger partial charge in [-0.3, -0.25) is 4.79 Å². The van der Waals surface area contributed by atoms with E-state index in [1.807, 2.05) is 7.05 Å². The minimum absolute atomic E-state index is 0.0814. The number of anilines is 1. The fourth-order valence-electron chi connectivity index (χ4n) is 1.57. The zero-order valence-electron chi connectivity index (χ0n) is 8.33. The van der Waals surface area contributed by atoms with Crippen LogP contribution in [0.2, 0.25) is 0 Å². The lowest BCUT2D eigenvalue weighted by molar-refractivity contribution is -0.118. The van der Waals surface area contributed by atoms with Gasteiger partial charge in [-0.2, -0.15) is 5.10 Å². The first-order valence-corrected chi connectivity index (χ1v) is 4.71. The van der Waals surface area contributed by atoms with Crippen LogP contribution in [0.1, 0.15) is 19.0 Å². The van der Waals surface area contributed by atoms with Crippen LogP contribution in [0.5, 0.6) is 5.88 Å². The summed E-state index contributed by atoms with van der Waals surface area (Å²) in [5.41, 5.74) is 1.64. The number of aryl methyl sites for hydroxylation is 2. The van der Waals surface area contributed by atoms with Gasteiger partial charge in [0.15, 0.2) is 6.61 Å². The molecule has 5 heteroatoms. The Labute approximate surface area is 82.0 Å². The minimum Gasteiger partial charge on any atom is -0.466 e. The van der Waals surface area contributed by atoms with Crippen LogP contribution in [-0.4, -0.2) is 22.3 Å². The molecule has 1 amide bonds. The zero-order chi connectivity index (χ0) is 10.1. The fraction of sp³-hybridized carbons (Fsp3) is 0.556. The lowest BCUT2D eigenvalue weighted by Crippen LogP contribution is -2.26. The summed E-state index contributed by atoms with van der Waals surface area (Å²) in [6, 6.07) is 0. The Kier molecular flexibility index (Phi) is 2.15. The highest BCUT2D eigenvalue weighted by Crippen LogP contribution is 2.31. The van der Waals surface area contributed by atoms with Crippen LogP contribution >= 0.6 is 0 Å². The molecule has 0 atom stereocenters. The molecular formula is C9H13N3O2. The number of carbonyl (C=O) groups excluding carboxylic acids is 1. The Morgan fingerprint density at radius 1 is 1.64 bits per heavy atom. The third-order valence-corrected chi connectivity index (χ3v) is 2.16. The third-order valence-electron chi connectivity index (χ3n) is 2.16. The van der Waals surface area contributed by atoms with Gasteiger partial charge in [0.2, 0.25) is 5.88 Å². The van der Waals surface area contributed by atoms with Crippen LogP contribution in [0.3, 0.4) is 0 Å². The van der Waals surface area contributed by atoms with E-state index in [2.05, 4.69) is 17.3 Å². The Bertz CT molecular complexity index is 370. The van der Waals surface area contributed by atoms with Crippen LogP contribution in [-0.2, 0) is 18.3 Å². The van der Waals surface area contributed by atoms with Crippen molar-refractivity contribution in [2.24, 2.45) is 7.05 Å². The molecule has 1 N–H and O–H groups in total. The number of hydrogen-bond acceptors (Lipinski definition) is 3. The van der Waals surface area contributed by atoms with Crippen molar-refractivity contribution in [3.05, 3.63) is 5.69 Å². The molecule has 0 aromatic carbocycles. The first kappa shape index (κ1) is 9.05. The van der Waals surface area contributed by atoms with Crippen molar-refractivity contribution in [3.63, 3.8) is 0 Å². The standard InChI is InChI=1S/C9H13N3O2/c1-3-4-6-8-9(12(2)11-6)14-5-7(13)10-8/h3-5H2,1-2H3,(H,10,13). The quantitative estimate of drug-likeness (QED) is 0.755. The molecule has 1 aliphatic heterocycles. The maximum Gasteiger partial charge on any atom is 0.262 e. The second-order valence-corrected chi connectivity index (χ2v) is 3.34. The van der Waals surface area contributed by atoms with E-state index in [-0.39, 0.29) is 12.5 Å². The van der Waals surface area contributed by atoms with Crippen molar-refractivity contribution in [2.45, 2.75) is 19.8 Å². The lowest BCUT2D eigenvalue weighted by Gasteiger charge is -2.14. The van der Waals surface area contributed by atoms with Crippen molar-refractivity contribution in [1.82, 2.24) is 9.78 Å². The number of fused-ring (bicyclic) bond motifs is 1. The molecule has 14 heavy (non-hydrogen) atoms. The minimum atomic E-state index is -0.108. The smallest absolute Gasteiger partial charge is 0.262 e. The van der Waals surface area contributed by atoms with E-state index in [9.17, 15) is 4.79 Å². The number of rotatable bonds is 2. The topological polar surface area (TPSA) is 56.2 Å². The number of nitrogens with one attached hydrogen (secondary N) is 1. The van der Waals surface area contributed by atoms with E-state index in [0.717, 1.165) is 24.2 Å². The van der Waals surface area contributed by atoms with E-state index in [1.54, 1.807) is 4.68 Å². The van der Waals surface area contributed by atoms with Gasteiger partial charge in [-0.05, 0) is 6.42 Å². The number of ether oxygens (including phenoxy) is 1. The van der Waals surface area contributed by atoms with Gasteiger partial charge in [0.05, 0.1) is 5.69 Å². The molecule has 5 nitrogen and oxygen atoms in total. The molecule has 0 saturated carbocycles. The second-order valence-electron chi connectivity index (χ2n) is 3.34. The van der Waals surface area contributed by atoms with Gasteiger partial charge in [-0.15, -0.1) is 0 Å². The van der Waals surface area contributed by atoms with Gasteiger partial charge in [0, 0.05) is 7.05 Å². The molecule has 0 unspecified atom stereocenters. The van der Waals surface area contributed by atoms with E-state index in [4.69, 9.17) is 4.74 Å². The first-order valence-electron chi connectivity index (χ1n) is 4.71. The van der Waals surface area contributed by atoms with E-state index in [1.165, 1.54) is 0 Å². The largest absolute Gasteiger partial charge is 0.466 e. The zero-order valence-corrected chi connectivity index (χ0v) is 8.33. The number of hydrogen-bond donors (Lipinski definition) is 1. The number of nitrogens with zero attached hydrogens (tertiary/aromatic N) is 2. The van der Waals surface area contributed by atoms with Crippen molar-refractivity contribution >= 4 is 11.6 Å². The number of aromatic nitrogens is 2. The van der Waals surface area contributed by atoms with Gasteiger partial charge in [-0.1, -0.05) is 13.3 Å². The van der Waals surface area contributed by atoms with Gasteiger partial charge >= 0.3 is 0 Å². The molecule has 1 aliphatic rings. The SMILES string of the molecule is CCCc1nn(C)c2c1NC(=O)CO2. The second kappa shape index (κ2) is 3.32. The molecule has 1 aromatic heterocycles.